The zero-order chi connectivity index (χ0) is 22.6. The molecule has 1 fully saturated rings. The monoisotopic (exact) mass is 448 g/mol. The van der Waals surface area contributed by atoms with E-state index >= 15 is 0 Å². The standard InChI is InChI=1S/C24H28N6OS/c1-13(2)29-23-20(12-26-29)19(11-21(27-23)18-10-14(3)32-16(18)5)24(31)28-22-8-9-25-30(22)15(4)17-6-7-17/h8-13,15,17H,6-7H2,1-5H3,(H,28,31). The highest BCUT2D eigenvalue weighted by Gasteiger charge is 2.31. The lowest BCUT2D eigenvalue weighted by molar-refractivity contribution is 0.102. The fourth-order valence-corrected chi connectivity index (χ4v) is 5.24. The number of pyridine rings is 1. The number of carbonyl (C=O) groups is 1. The molecule has 1 amide bonds. The number of hydrogen-bond donors (Lipinski definition) is 1. The molecule has 1 unspecified atom stereocenters. The van der Waals surface area contributed by atoms with Crippen molar-refractivity contribution in [3.8, 4) is 11.3 Å². The molecule has 0 spiro atoms. The van der Waals surface area contributed by atoms with Crippen LogP contribution in [0.25, 0.3) is 22.3 Å². The van der Waals surface area contributed by atoms with Crippen LogP contribution in [0.15, 0.2) is 30.6 Å². The van der Waals surface area contributed by atoms with Gasteiger partial charge in [-0.05, 0) is 65.5 Å². The number of nitrogens with zero attached hydrogens (tertiary/aromatic N) is 5. The maximum absolute atomic E-state index is 13.5. The predicted molar refractivity (Wildman–Crippen MR) is 128 cm³/mol. The van der Waals surface area contributed by atoms with Crippen LogP contribution in [0.5, 0.6) is 0 Å². The second-order valence-corrected chi connectivity index (χ2v) is 10.5. The van der Waals surface area contributed by atoms with Crippen molar-refractivity contribution >= 4 is 34.1 Å². The summed E-state index contributed by atoms with van der Waals surface area (Å²) >= 11 is 1.74. The molecule has 4 heterocycles. The van der Waals surface area contributed by atoms with Crippen LogP contribution >= 0.6 is 11.3 Å². The normalized spacial score (nSPS) is 14.9. The first kappa shape index (κ1) is 20.9. The molecule has 7 nitrogen and oxygen atoms in total. The molecule has 1 aliphatic rings. The molecule has 1 aliphatic carbocycles. The van der Waals surface area contributed by atoms with Gasteiger partial charge in [-0.1, -0.05) is 0 Å². The van der Waals surface area contributed by atoms with E-state index in [2.05, 4.69) is 56.2 Å². The number of fused-ring (bicyclic) bond motifs is 1. The molecule has 5 rings (SSSR count). The summed E-state index contributed by atoms with van der Waals surface area (Å²) < 4.78 is 3.81. The Kier molecular flexibility index (Phi) is 5.12. The van der Waals surface area contributed by atoms with Gasteiger partial charge < -0.3 is 5.32 Å². The molecule has 0 saturated heterocycles. The minimum atomic E-state index is -0.170. The zero-order valence-corrected chi connectivity index (χ0v) is 19.9. The second kappa shape index (κ2) is 7.85. The number of aromatic nitrogens is 5. The van der Waals surface area contributed by atoms with Gasteiger partial charge in [-0.15, -0.1) is 11.3 Å². The van der Waals surface area contributed by atoms with Gasteiger partial charge in [0.25, 0.3) is 5.91 Å². The minimum absolute atomic E-state index is 0.136. The first-order valence-corrected chi connectivity index (χ1v) is 12.0. The Morgan fingerprint density at radius 2 is 1.94 bits per heavy atom. The van der Waals surface area contributed by atoms with E-state index in [9.17, 15) is 4.79 Å². The van der Waals surface area contributed by atoms with Crippen molar-refractivity contribution in [2.75, 3.05) is 5.32 Å². The number of aryl methyl sites for hydroxylation is 2. The summed E-state index contributed by atoms with van der Waals surface area (Å²) in [6, 6.07) is 6.30. The maximum atomic E-state index is 13.5. The Bertz CT molecular complexity index is 1310. The number of thiophene rings is 1. The van der Waals surface area contributed by atoms with Crippen LogP contribution in [0.2, 0.25) is 0 Å². The van der Waals surface area contributed by atoms with E-state index < -0.39 is 0 Å². The lowest BCUT2D eigenvalue weighted by Crippen LogP contribution is -2.19. The number of amides is 1. The number of hydrogen-bond acceptors (Lipinski definition) is 5. The van der Waals surface area contributed by atoms with E-state index in [1.165, 1.54) is 22.6 Å². The van der Waals surface area contributed by atoms with E-state index in [1.807, 2.05) is 21.5 Å². The van der Waals surface area contributed by atoms with Crippen LogP contribution in [0, 0.1) is 19.8 Å². The molecule has 4 aromatic heterocycles. The van der Waals surface area contributed by atoms with Gasteiger partial charge in [0.2, 0.25) is 0 Å². The van der Waals surface area contributed by atoms with E-state index in [0.29, 0.717) is 11.5 Å². The molecule has 4 aromatic rings. The molecule has 1 saturated carbocycles. The topological polar surface area (TPSA) is 77.6 Å². The predicted octanol–water partition coefficient (Wildman–Crippen LogP) is 5.78. The molecule has 0 bridgehead atoms. The molecule has 8 heteroatoms. The van der Waals surface area contributed by atoms with Gasteiger partial charge in [0.15, 0.2) is 5.65 Å². The summed E-state index contributed by atoms with van der Waals surface area (Å²) in [5.74, 6) is 1.19. The van der Waals surface area contributed by atoms with E-state index in [0.717, 1.165) is 28.1 Å². The van der Waals surface area contributed by atoms with Crippen LogP contribution < -0.4 is 5.32 Å². The Balaban J connectivity index is 1.59. The third-order valence-electron chi connectivity index (χ3n) is 6.22. The fourth-order valence-electron chi connectivity index (χ4n) is 4.31. The van der Waals surface area contributed by atoms with Gasteiger partial charge in [0.1, 0.15) is 5.82 Å². The van der Waals surface area contributed by atoms with Crippen LogP contribution in [-0.4, -0.2) is 30.5 Å². The third-order valence-corrected chi connectivity index (χ3v) is 7.19. The summed E-state index contributed by atoms with van der Waals surface area (Å²) in [5.41, 5.74) is 3.16. The second-order valence-electron chi connectivity index (χ2n) is 9.00. The largest absolute Gasteiger partial charge is 0.307 e. The summed E-state index contributed by atoms with van der Waals surface area (Å²) in [5, 5.41) is 12.9. The van der Waals surface area contributed by atoms with Crippen molar-refractivity contribution in [2.45, 2.75) is 59.5 Å². The van der Waals surface area contributed by atoms with Crippen LogP contribution in [0.4, 0.5) is 5.82 Å². The third kappa shape index (κ3) is 3.62. The van der Waals surface area contributed by atoms with Gasteiger partial charge in [0.05, 0.1) is 35.1 Å². The Labute approximate surface area is 191 Å². The molecule has 0 aliphatic heterocycles. The Morgan fingerprint density at radius 3 is 2.59 bits per heavy atom. The lowest BCUT2D eigenvalue weighted by Gasteiger charge is -2.16. The first-order chi connectivity index (χ1) is 15.3. The fraction of sp³-hybridized carbons (Fsp3) is 0.417. The lowest BCUT2D eigenvalue weighted by atomic mass is 10.1. The highest BCUT2D eigenvalue weighted by Crippen LogP contribution is 2.40. The average molecular weight is 449 g/mol. The summed E-state index contributed by atoms with van der Waals surface area (Å²) in [6.45, 7) is 10.5. The quantitative estimate of drug-likeness (QED) is 0.406. The molecule has 166 valence electrons. The van der Waals surface area contributed by atoms with Crippen LogP contribution in [0.3, 0.4) is 0 Å². The number of anilines is 1. The average Bonchev–Trinajstić information content (AvgIpc) is 3.18. The number of carbonyl (C=O) groups excluding carboxylic acids is 1. The van der Waals surface area contributed by atoms with Gasteiger partial charge in [-0.25, -0.2) is 14.3 Å². The highest BCUT2D eigenvalue weighted by atomic mass is 32.1. The highest BCUT2D eigenvalue weighted by molar-refractivity contribution is 7.12. The molecule has 32 heavy (non-hydrogen) atoms. The van der Waals surface area contributed by atoms with Gasteiger partial charge >= 0.3 is 0 Å². The van der Waals surface area contributed by atoms with Crippen molar-refractivity contribution in [1.29, 1.82) is 0 Å². The maximum Gasteiger partial charge on any atom is 0.257 e. The molecule has 0 radical (unpaired) electrons. The molecule has 0 aromatic carbocycles. The summed E-state index contributed by atoms with van der Waals surface area (Å²) in [4.78, 5) is 20.9. The van der Waals surface area contributed by atoms with Crippen LogP contribution in [0.1, 0.15) is 65.8 Å². The van der Waals surface area contributed by atoms with Crippen molar-refractivity contribution < 1.29 is 4.79 Å². The molecular weight excluding hydrogens is 420 g/mol. The van der Waals surface area contributed by atoms with Gasteiger partial charge in [-0.3, -0.25) is 4.79 Å². The van der Waals surface area contributed by atoms with Gasteiger partial charge in [0, 0.05) is 27.4 Å². The molecule has 1 atom stereocenters. The number of rotatable bonds is 6. The van der Waals surface area contributed by atoms with Crippen molar-refractivity contribution in [3.63, 3.8) is 0 Å². The van der Waals surface area contributed by atoms with Crippen molar-refractivity contribution in [2.24, 2.45) is 5.92 Å². The Morgan fingerprint density at radius 1 is 1.16 bits per heavy atom. The van der Waals surface area contributed by atoms with Crippen molar-refractivity contribution in [1.82, 2.24) is 24.5 Å². The smallest absolute Gasteiger partial charge is 0.257 e. The zero-order valence-electron chi connectivity index (χ0n) is 19.1. The van der Waals surface area contributed by atoms with E-state index in [-0.39, 0.29) is 18.0 Å². The first-order valence-electron chi connectivity index (χ1n) is 11.1. The summed E-state index contributed by atoms with van der Waals surface area (Å²) in [6.07, 6.45) is 5.93. The Hall–Kier alpha value is -3.00. The molecule has 1 N–H and O–H groups in total. The van der Waals surface area contributed by atoms with E-state index in [1.54, 1.807) is 23.7 Å². The van der Waals surface area contributed by atoms with Crippen LogP contribution in [-0.2, 0) is 0 Å². The SMILES string of the molecule is Cc1cc(-c2cc(C(=O)Nc3ccnn3C(C)C3CC3)c3cnn(C(C)C)c3n2)c(C)s1. The van der Waals surface area contributed by atoms with Crippen molar-refractivity contribution in [3.05, 3.63) is 45.9 Å². The minimum Gasteiger partial charge on any atom is -0.307 e. The van der Waals surface area contributed by atoms with Gasteiger partial charge in [-0.2, -0.15) is 10.2 Å². The summed E-state index contributed by atoms with van der Waals surface area (Å²) in [7, 11) is 0. The number of nitrogens with one attached hydrogen (secondary N) is 1. The molecular formula is C24H28N6OS. The van der Waals surface area contributed by atoms with E-state index in [4.69, 9.17) is 4.98 Å².